The summed E-state index contributed by atoms with van der Waals surface area (Å²) in [7, 11) is 0. The number of carbonyl (C=O) groups excluding carboxylic acids is 1. The standard InChI is InChI=1S/C15H14N4OS/c1-11-9-17-15(18-10-11)21-6-5-14(20)19-13-4-2-3-12(7-13)8-16/h2-4,7,9-10H,5-6H2,1H3,(H,19,20). The van der Waals surface area contributed by atoms with Crippen LogP contribution in [-0.2, 0) is 4.79 Å². The van der Waals surface area contributed by atoms with Crippen molar-refractivity contribution in [3.8, 4) is 6.07 Å². The van der Waals surface area contributed by atoms with Crippen LogP contribution in [0, 0.1) is 18.3 Å². The first-order valence-electron chi connectivity index (χ1n) is 6.39. The van der Waals surface area contributed by atoms with Crippen LogP contribution in [0.3, 0.4) is 0 Å². The number of aromatic nitrogens is 2. The molecule has 0 aliphatic heterocycles. The number of hydrogen-bond acceptors (Lipinski definition) is 5. The van der Waals surface area contributed by atoms with E-state index in [2.05, 4.69) is 15.3 Å². The third-order valence-electron chi connectivity index (χ3n) is 2.59. The Bertz CT molecular complexity index is 664. The molecule has 1 amide bonds. The van der Waals surface area contributed by atoms with E-state index in [9.17, 15) is 4.79 Å². The summed E-state index contributed by atoms with van der Waals surface area (Å²) in [5, 5.41) is 12.2. The van der Waals surface area contributed by atoms with Crippen molar-refractivity contribution in [2.75, 3.05) is 11.1 Å². The number of rotatable bonds is 5. The lowest BCUT2D eigenvalue weighted by atomic mass is 10.2. The Balaban J connectivity index is 1.79. The molecular weight excluding hydrogens is 284 g/mol. The number of hydrogen-bond donors (Lipinski definition) is 1. The van der Waals surface area contributed by atoms with Gasteiger partial charge in [-0.2, -0.15) is 5.26 Å². The number of nitrogens with one attached hydrogen (secondary N) is 1. The van der Waals surface area contributed by atoms with Crippen LogP contribution in [0.4, 0.5) is 5.69 Å². The maximum atomic E-state index is 11.8. The van der Waals surface area contributed by atoms with E-state index in [1.807, 2.05) is 13.0 Å². The molecule has 2 aromatic rings. The summed E-state index contributed by atoms with van der Waals surface area (Å²) in [6, 6.07) is 8.88. The number of aryl methyl sites for hydroxylation is 1. The fourth-order valence-corrected chi connectivity index (χ4v) is 2.30. The van der Waals surface area contributed by atoms with Crippen LogP contribution in [0.5, 0.6) is 0 Å². The van der Waals surface area contributed by atoms with E-state index in [0.717, 1.165) is 5.56 Å². The number of nitriles is 1. The Morgan fingerprint density at radius 3 is 2.86 bits per heavy atom. The van der Waals surface area contributed by atoms with E-state index in [1.54, 1.807) is 36.7 Å². The monoisotopic (exact) mass is 298 g/mol. The zero-order chi connectivity index (χ0) is 15.1. The highest BCUT2D eigenvalue weighted by Gasteiger charge is 2.04. The fraction of sp³-hybridized carbons (Fsp3) is 0.200. The van der Waals surface area contributed by atoms with Crippen molar-refractivity contribution in [3.05, 3.63) is 47.8 Å². The van der Waals surface area contributed by atoms with E-state index in [0.29, 0.717) is 28.6 Å². The van der Waals surface area contributed by atoms with Gasteiger partial charge in [0.05, 0.1) is 11.6 Å². The van der Waals surface area contributed by atoms with Crippen LogP contribution in [-0.4, -0.2) is 21.6 Å². The number of benzene rings is 1. The molecule has 1 N–H and O–H groups in total. The Kier molecular flexibility index (Phi) is 5.29. The maximum Gasteiger partial charge on any atom is 0.225 e. The average molecular weight is 298 g/mol. The summed E-state index contributed by atoms with van der Waals surface area (Å²) in [5.41, 5.74) is 2.17. The second-order valence-electron chi connectivity index (χ2n) is 4.38. The first-order valence-corrected chi connectivity index (χ1v) is 7.37. The van der Waals surface area contributed by atoms with Gasteiger partial charge in [-0.1, -0.05) is 17.8 Å². The van der Waals surface area contributed by atoms with Gasteiger partial charge in [0.25, 0.3) is 0 Å². The highest BCUT2D eigenvalue weighted by molar-refractivity contribution is 7.99. The Labute approximate surface area is 127 Å². The van der Waals surface area contributed by atoms with Gasteiger partial charge in [0, 0.05) is 30.3 Å². The number of thioether (sulfide) groups is 1. The van der Waals surface area contributed by atoms with Crippen LogP contribution >= 0.6 is 11.8 Å². The third-order valence-corrected chi connectivity index (χ3v) is 3.47. The molecule has 0 aliphatic rings. The van der Waals surface area contributed by atoms with Crippen LogP contribution in [0.15, 0.2) is 41.8 Å². The predicted octanol–water partition coefficient (Wildman–Crippen LogP) is 2.78. The molecule has 106 valence electrons. The first-order chi connectivity index (χ1) is 10.2. The molecule has 0 unspecified atom stereocenters. The SMILES string of the molecule is Cc1cnc(SCCC(=O)Nc2cccc(C#N)c2)nc1. The number of anilines is 1. The Morgan fingerprint density at radius 1 is 1.38 bits per heavy atom. The molecule has 0 spiro atoms. The number of nitrogens with zero attached hydrogens (tertiary/aromatic N) is 3. The molecule has 1 aromatic heterocycles. The molecule has 0 saturated carbocycles. The van der Waals surface area contributed by atoms with Crippen molar-refractivity contribution in [1.29, 1.82) is 5.26 Å². The molecular formula is C15H14N4OS. The molecule has 0 aliphatic carbocycles. The lowest BCUT2D eigenvalue weighted by Crippen LogP contribution is -2.12. The van der Waals surface area contributed by atoms with E-state index in [4.69, 9.17) is 5.26 Å². The van der Waals surface area contributed by atoms with Gasteiger partial charge in [0.2, 0.25) is 5.91 Å². The lowest BCUT2D eigenvalue weighted by molar-refractivity contribution is -0.115. The summed E-state index contributed by atoms with van der Waals surface area (Å²) in [6.07, 6.45) is 3.87. The molecule has 0 saturated heterocycles. The van der Waals surface area contributed by atoms with Gasteiger partial charge in [0.15, 0.2) is 5.16 Å². The minimum atomic E-state index is -0.0929. The molecule has 1 heterocycles. The highest BCUT2D eigenvalue weighted by atomic mass is 32.2. The van der Waals surface area contributed by atoms with Crippen molar-refractivity contribution in [2.24, 2.45) is 0 Å². The van der Waals surface area contributed by atoms with Gasteiger partial charge < -0.3 is 5.32 Å². The lowest BCUT2D eigenvalue weighted by Gasteiger charge is -2.05. The summed E-state index contributed by atoms with van der Waals surface area (Å²) in [4.78, 5) is 20.1. The second kappa shape index (κ2) is 7.41. The van der Waals surface area contributed by atoms with Gasteiger partial charge in [-0.3, -0.25) is 4.79 Å². The third kappa shape index (κ3) is 4.89. The first kappa shape index (κ1) is 15.0. The van der Waals surface area contributed by atoms with Crippen molar-refractivity contribution in [1.82, 2.24) is 9.97 Å². The smallest absolute Gasteiger partial charge is 0.225 e. The maximum absolute atomic E-state index is 11.8. The molecule has 0 atom stereocenters. The van der Waals surface area contributed by atoms with Crippen molar-refractivity contribution in [3.63, 3.8) is 0 Å². The second-order valence-corrected chi connectivity index (χ2v) is 5.44. The average Bonchev–Trinajstić information content (AvgIpc) is 2.49. The Morgan fingerprint density at radius 2 is 2.14 bits per heavy atom. The largest absolute Gasteiger partial charge is 0.326 e. The summed E-state index contributed by atoms with van der Waals surface area (Å²) < 4.78 is 0. The fourth-order valence-electron chi connectivity index (χ4n) is 1.58. The van der Waals surface area contributed by atoms with Crippen LogP contribution in [0.1, 0.15) is 17.5 Å². The van der Waals surface area contributed by atoms with Crippen LogP contribution in [0.25, 0.3) is 0 Å². The zero-order valence-electron chi connectivity index (χ0n) is 11.5. The van der Waals surface area contributed by atoms with E-state index in [-0.39, 0.29) is 5.91 Å². The minimum Gasteiger partial charge on any atom is -0.326 e. The van der Waals surface area contributed by atoms with Crippen molar-refractivity contribution < 1.29 is 4.79 Å². The molecule has 0 bridgehead atoms. The van der Waals surface area contributed by atoms with Crippen LogP contribution < -0.4 is 5.32 Å². The minimum absolute atomic E-state index is 0.0929. The molecule has 2 rings (SSSR count). The molecule has 21 heavy (non-hydrogen) atoms. The van der Waals surface area contributed by atoms with Gasteiger partial charge in [0.1, 0.15) is 0 Å². The predicted molar refractivity (Wildman–Crippen MR) is 81.9 cm³/mol. The number of carbonyl (C=O) groups is 1. The van der Waals surface area contributed by atoms with E-state index < -0.39 is 0 Å². The van der Waals surface area contributed by atoms with Gasteiger partial charge >= 0.3 is 0 Å². The van der Waals surface area contributed by atoms with Crippen molar-refractivity contribution in [2.45, 2.75) is 18.5 Å². The molecule has 1 aromatic carbocycles. The van der Waals surface area contributed by atoms with Gasteiger partial charge in [-0.15, -0.1) is 0 Å². The van der Waals surface area contributed by atoms with E-state index in [1.165, 1.54) is 11.8 Å². The number of amides is 1. The highest BCUT2D eigenvalue weighted by Crippen LogP contribution is 2.14. The molecule has 5 nitrogen and oxygen atoms in total. The quantitative estimate of drug-likeness (QED) is 0.678. The molecule has 0 fully saturated rings. The zero-order valence-corrected chi connectivity index (χ0v) is 12.4. The van der Waals surface area contributed by atoms with Gasteiger partial charge in [-0.25, -0.2) is 9.97 Å². The van der Waals surface area contributed by atoms with Crippen LogP contribution in [0.2, 0.25) is 0 Å². The summed E-state index contributed by atoms with van der Waals surface area (Å²) in [6.45, 7) is 1.93. The molecule has 6 heteroatoms. The molecule has 0 radical (unpaired) electrons. The summed E-state index contributed by atoms with van der Waals surface area (Å²) >= 11 is 1.44. The Hall–Kier alpha value is -2.39. The summed E-state index contributed by atoms with van der Waals surface area (Å²) in [5.74, 6) is 0.511. The van der Waals surface area contributed by atoms with E-state index >= 15 is 0 Å². The topological polar surface area (TPSA) is 78.7 Å². The van der Waals surface area contributed by atoms with Gasteiger partial charge in [-0.05, 0) is 30.7 Å². The van der Waals surface area contributed by atoms with Crippen molar-refractivity contribution >= 4 is 23.4 Å². The normalized spacial score (nSPS) is 9.90.